The van der Waals surface area contributed by atoms with E-state index in [1.165, 1.54) is 31.5 Å². The molecule has 1 aliphatic heterocycles. The van der Waals surface area contributed by atoms with E-state index in [2.05, 4.69) is 62.2 Å². The molecule has 0 aromatic heterocycles. The molecule has 2 aliphatic rings. The van der Waals surface area contributed by atoms with Gasteiger partial charge in [0.2, 0.25) is 0 Å². The monoisotopic (exact) mass is 286 g/mol. The van der Waals surface area contributed by atoms with Crippen LogP contribution in [0.3, 0.4) is 0 Å². The van der Waals surface area contributed by atoms with Gasteiger partial charge in [0, 0.05) is 30.4 Å². The first-order valence-corrected chi connectivity index (χ1v) is 8.53. The second kappa shape index (κ2) is 5.64. The predicted molar refractivity (Wildman–Crippen MR) is 90.9 cm³/mol. The Morgan fingerprint density at radius 3 is 2.62 bits per heavy atom. The minimum absolute atomic E-state index is 0.229. The number of para-hydroxylation sites is 1. The number of anilines is 1. The third-order valence-electron chi connectivity index (χ3n) is 5.05. The van der Waals surface area contributed by atoms with Crippen LogP contribution in [0, 0.1) is 11.8 Å². The summed E-state index contributed by atoms with van der Waals surface area (Å²) < 4.78 is 0. The molecule has 116 valence electrons. The molecule has 0 bridgehead atoms. The van der Waals surface area contributed by atoms with E-state index < -0.39 is 0 Å². The molecule has 3 rings (SSSR count). The molecule has 3 atom stereocenters. The fraction of sp³-hybridized carbons (Fsp3) is 0.684. The van der Waals surface area contributed by atoms with Crippen molar-refractivity contribution in [3.63, 3.8) is 0 Å². The molecule has 1 saturated carbocycles. The van der Waals surface area contributed by atoms with Crippen molar-refractivity contribution in [3.8, 4) is 0 Å². The van der Waals surface area contributed by atoms with Crippen LogP contribution < -0.4 is 10.2 Å². The molecule has 0 radical (unpaired) electrons. The van der Waals surface area contributed by atoms with Crippen LogP contribution >= 0.6 is 0 Å². The molecular formula is C19H30N2. The maximum Gasteiger partial charge on any atom is 0.0401 e. The van der Waals surface area contributed by atoms with Crippen LogP contribution in [0.1, 0.15) is 46.1 Å². The van der Waals surface area contributed by atoms with Gasteiger partial charge in [-0.3, -0.25) is 0 Å². The van der Waals surface area contributed by atoms with Crippen molar-refractivity contribution < 1.29 is 0 Å². The number of benzene rings is 1. The van der Waals surface area contributed by atoms with Crippen LogP contribution in [0.4, 0.5) is 5.69 Å². The van der Waals surface area contributed by atoms with E-state index in [1.807, 2.05) is 0 Å². The molecule has 0 amide bonds. The highest BCUT2D eigenvalue weighted by Crippen LogP contribution is 2.39. The summed E-state index contributed by atoms with van der Waals surface area (Å²) >= 11 is 0. The van der Waals surface area contributed by atoms with E-state index in [-0.39, 0.29) is 5.54 Å². The molecule has 3 unspecified atom stereocenters. The van der Waals surface area contributed by atoms with Crippen molar-refractivity contribution >= 4 is 5.69 Å². The van der Waals surface area contributed by atoms with Gasteiger partial charge in [-0.15, -0.1) is 0 Å². The summed E-state index contributed by atoms with van der Waals surface area (Å²) in [4.78, 5) is 2.71. The van der Waals surface area contributed by atoms with Gasteiger partial charge >= 0.3 is 0 Å². The Bertz CT molecular complexity index is 489. The quantitative estimate of drug-likeness (QED) is 0.908. The van der Waals surface area contributed by atoms with Crippen molar-refractivity contribution in [1.29, 1.82) is 0 Å². The van der Waals surface area contributed by atoms with Gasteiger partial charge in [0.05, 0.1) is 0 Å². The number of fused-ring (bicyclic) bond motifs is 1. The molecule has 1 fully saturated rings. The second-order valence-corrected chi connectivity index (χ2v) is 8.13. The standard InChI is InChI=1S/C19H30N2/c1-14-11-15-7-5-6-8-17(15)21(13-14)18-10-9-16(18)12-20-19(2,3)4/h5-8,14,16,18,20H,9-13H2,1-4H3. The summed E-state index contributed by atoms with van der Waals surface area (Å²) in [6.45, 7) is 11.6. The lowest BCUT2D eigenvalue weighted by Crippen LogP contribution is -2.55. The average Bonchev–Trinajstić information content (AvgIpc) is 2.36. The highest BCUT2D eigenvalue weighted by Gasteiger charge is 2.38. The van der Waals surface area contributed by atoms with Gasteiger partial charge in [0.1, 0.15) is 0 Å². The normalized spacial score (nSPS) is 29.0. The summed E-state index contributed by atoms with van der Waals surface area (Å²) in [5.74, 6) is 1.58. The van der Waals surface area contributed by atoms with Gasteiger partial charge in [0.15, 0.2) is 0 Å². The topological polar surface area (TPSA) is 15.3 Å². The van der Waals surface area contributed by atoms with Crippen molar-refractivity contribution in [1.82, 2.24) is 5.32 Å². The smallest absolute Gasteiger partial charge is 0.0401 e. The molecule has 21 heavy (non-hydrogen) atoms. The number of nitrogens with zero attached hydrogens (tertiary/aromatic N) is 1. The van der Waals surface area contributed by atoms with Crippen LogP contribution in [0.5, 0.6) is 0 Å². The molecule has 1 aromatic rings. The Morgan fingerprint density at radius 1 is 1.19 bits per heavy atom. The van der Waals surface area contributed by atoms with Gasteiger partial charge in [-0.05, 0) is 63.5 Å². The number of rotatable bonds is 3. The van der Waals surface area contributed by atoms with Gasteiger partial charge in [0.25, 0.3) is 0 Å². The van der Waals surface area contributed by atoms with E-state index in [4.69, 9.17) is 0 Å². The summed E-state index contributed by atoms with van der Waals surface area (Å²) in [6.07, 6.45) is 3.97. The minimum atomic E-state index is 0.229. The van der Waals surface area contributed by atoms with Crippen LogP contribution in [0.15, 0.2) is 24.3 Å². The maximum atomic E-state index is 3.70. The molecular weight excluding hydrogens is 256 g/mol. The molecule has 1 aliphatic carbocycles. The van der Waals surface area contributed by atoms with Crippen molar-refractivity contribution in [2.75, 3.05) is 18.0 Å². The number of hydrogen-bond donors (Lipinski definition) is 1. The molecule has 1 aromatic carbocycles. The Hall–Kier alpha value is -1.02. The van der Waals surface area contributed by atoms with Crippen LogP contribution in [-0.2, 0) is 6.42 Å². The molecule has 0 spiro atoms. The Kier molecular flexibility index (Phi) is 4.00. The number of hydrogen-bond acceptors (Lipinski definition) is 2. The van der Waals surface area contributed by atoms with E-state index in [0.29, 0.717) is 0 Å². The Balaban J connectivity index is 1.72. The van der Waals surface area contributed by atoms with Crippen LogP contribution in [0.2, 0.25) is 0 Å². The lowest BCUT2D eigenvalue weighted by atomic mass is 9.76. The molecule has 2 nitrogen and oxygen atoms in total. The third kappa shape index (κ3) is 3.26. The largest absolute Gasteiger partial charge is 0.368 e. The summed E-state index contributed by atoms with van der Waals surface area (Å²) in [5, 5.41) is 3.70. The first kappa shape index (κ1) is 14.9. The van der Waals surface area contributed by atoms with Crippen molar-refractivity contribution in [3.05, 3.63) is 29.8 Å². The Morgan fingerprint density at radius 2 is 1.95 bits per heavy atom. The maximum absolute atomic E-state index is 3.70. The fourth-order valence-electron chi connectivity index (χ4n) is 3.79. The third-order valence-corrected chi connectivity index (χ3v) is 5.05. The van der Waals surface area contributed by atoms with Crippen molar-refractivity contribution in [2.24, 2.45) is 11.8 Å². The van der Waals surface area contributed by atoms with Gasteiger partial charge < -0.3 is 10.2 Å². The van der Waals surface area contributed by atoms with E-state index in [0.717, 1.165) is 24.4 Å². The molecule has 1 heterocycles. The zero-order valence-corrected chi connectivity index (χ0v) is 14.0. The Labute approximate surface area is 129 Å². The van der Waals surface area contributed by atoms with E-state index >= 15 is 0 Å². The second-order valence-electron chi connectivity index (χ2n) is 8.13. The molecule has 0 saturated heterocycles. The summed E-state index contributed by atoms with van der Waals surface area (Å²) in [6, 6.07) is 9.77. The zero-order valence-electron chi connectivity index (χ0n) is 14.0. The number of nitrogens with one attached hydrogen (secondary N) is 1. The SMILES string of the molecule is CC1Cc2ccccc2N(C2CCC2CNC(C)(C)C)C1. The zero-order chi connectivity index (χ0) is 15.0. The van der Waals surface area contributed by atoms with Crippen LogP contribution in [0.25, 0.3) is 0 Å². The highest BCUT2D eigenvalue weighted by molar-refractivity contribution is 5.57. The first-order chi connectivity index (χ1) is 9.94. The van der Waals surface area contributed by atoms with E-state index in [1.54, 1.807) is 5.56 Å². The predicted octanol–water partition coefficient (Wildman–Crippen LogP) is 3.85. The van der Waals surface area contributed by atoms with Gasteiger partial charge in [-0.1, -0.05) is 25.1 Å². The summed E-state index contributed by atoms with van der Waals surface area (Å²) in [5.41, 5.74) is 3.28. The average molecular weight is 286 g/mol. The fourth-order valence-corrected chi connectivity index (χ4v) is 3.79. The summed E-state index contributed by atoms with van der Waals surface area (Å²) in [7, 11) is 0. The molecule has 1 N–H and O–H groups in total. The lowest BCUT2D eigenvalue weighted by molar-refractivity contribution is 0.209. The highest BCUT2D eigenvalue weighted by atomic mass is 15.2. The lowest BCUT2D eigenvalue weighted by Gasteiger charge is -2.49. The van der Waals surface area contributed by atoms with Gasteiger partial charge in [-0.25, -0.2) is 0 Å². The van der Waals surface area contributed by atoms with Crippen LogP contribution in [-0.4, -0.2) is 24.7 Å². The molecule has 2 heteroatoms. The van der Waals surface area contributed by atoms with E-state index in [9.17, 15) is 0 Å². The first-order valence-electron chi connectivity index (χ1n) is 8.53. The van der Waals surface area contributed by atoms with Gasteiger partial charge in [-0.2, -0.15) is 0 Å². The van der Waals surface area contributed by atoms with Crippen molar-refractivity contribution in [2.45, 2.75) is 58.5 Å². The minimum Gasteiger partial charge on any atom is -0.368 e.